The second-order valence-electron chi connectivity index (χ2n) is 9.28. The highest BCUT2D eigenvalue weighted by Crippen LogP contribution is 2.14. The third-order valence-electron chi connectivity index (χ3n) is 6.12. The van der Waals surface area contributed by atoms with E-state index in [-0.39, 0.29) is 11.5 Å². The maximum absolute atomic E-state index is 12.0. The van der Waals surface area contributed by atoms with Crippen LogP contribution in [0.5, 0.6) is 0 Å². The summed E-state index contributed by atoms with van der Waals surface area (Å²) in [4.78, 5) is 19.1. The molecule has 0 aliphatic heterocycles. The number of nitrogens with one attached hydrogen (secondary N) is 4. The molecule has 0 amide bonds. The third-order valence-corrected chi connectivity index (χ3v) is 6.12. The highest BCUT2D eigenvalue weighted by atomic mass is 16.1. The van der Waals surface area contributed by atoms with Crippen molar-refractivity contribution in [3.8, 4) is 0 Å². The summed E-state index contributed by atoms with van der Waals surface area (Å²) in [5.41, 5.74) is 1.38. The van der Waals surface area contributed by atoms with Gasteiger partial charge in [-0.15, -0.1) is 0 Å². The number of hydrogen-bond donors (Lipinski definition) is 4. The van der Waals surface area contributed by atoms with Crippen LogP contribution in [-0.2, 0) is 6.42 Å². The van der Waals surface area contributed by atoms with E-state index in [0.717, 1.165) is 24.2 Å². The zero-order valence-corrected chi connectivity index (χ0v) is 21.1. The largest absolute Gasteiger partial charge is 0.326 e. The predicted molar refractivity (Wildman–Crippen MR) is 145 cm³/mol. The van der Waals surface area contributed by atoms with Crippen molar-refractivity contribution in [3.63, 3.8) is 0 Å². The van der Waals surface area contributed by atoms with Crippen molar-refractivity contribution in [3.05, 3.63) is 52.4 Å². The summed E-state index contributed by atoms with van der Waals surface area (Å²) >= 11 is 0. The lowest BCUT2D eigenvalue weighted by atomic mass is 10.0. The van der Waals surface area contributed by atoms with Crippen LogP contribution in [0.15, 0.2) is 41.2 Å². The van der Waals surface area contributed by atoms with E-state index in [1.807, 2.05) is 30.3 Å². The summed E-state index contributed by atoms with van der Waals surface area (Å²) in [7, 11) is 0. The normalized spacial score (nSPS) is 10.9. The molecule has 188 valence electrons. The molecule has 34 heavy (non-hydrogen) atoms. The van der Waals surface area contributed by atoms with Crippen LogP contribution in [0.25, 0.3) is 0 Å². The first-order valence-electron chi connectivity index (χ1n) is 13.5. The summed E-state index contributed by atoms with van der Waals surface area (Å²) in [6.07, 6.45) is 20.9. The van der Waals surface area contributed by atoms with Crippen molar-refractivity contribution >= 4 is 17.6 Å². The van der Waals surface area contributed by atoms with Gasteiger partial charge in [-0.05, 0) is 25.0 Å². The molecule has 0 spiro atoms. The van der Waals surface area contributed by atoms with Crippen molar-refractivity contribution in [2.24, 2.45) is 0 Å². The topological polar surface area (TPSA) is 93.7 Å². The summed E-state index contributed by atoms with van der Waals surface area (Å²) in [5, 5.41) is 13.8. The molecule has 0 saturated carbocycles. The van der Waals surface area contributed by atoms with E-state index in [1.54, 1.807) is 6.07 Å². The number of aromatic nitrogens is 2. The van der Waals surface area contributed by atoms with E-state index in [2.05, 4.69) is 27.5 Å². The van der Waals surface area contributed by atoms with E-state index in [0.29, 0.717) is 5.95 Å². The third kappa shape index (κ3) is 13.2. The zero-order chi connectivity index (χ0) is 24.3. The highest BCUT2D eigenvalue weighted by molar-refractivity contribution is 6.00. The van der Waals surface area contributed by atoms with Crippen molar-refractivity contribution in [2.75, 3.05) is 10.6 Å². The lowest BCUT2D eigenvalue weighted by molar-refractivity contribution is 0.532. The van der Waals surface area contributed by atoms with Gasteiger partial charge in [-0.1, -0.05) is 115 Å². The number of anilines is 2. The van der Waals surface area contributed by atoms with Gasteiger partial charge in [-0.3, -0.25) is 20.5 Å². The van der Waals surface area contributed by atoms with E-state index < -0.39 is 0 Å². The minimum atomic E-state index is -0.194. The van der Waals surface area contributed by atoms with Gasteiger partial charge in [0.2, 0.25) is 5.95 Å². The molecule has 0 radical (unpaired) electrons. The van der Waals surface area contributed by atoms with Gasteiger partial charge in [0.05, 0.1) is 0 Å². The Hall–Kier alpha value is -2.63. The van der Waals surface area contributed by atoms with Crippen LogP contribution in [-0.4, -0.2) is 15.9 Å². The number of aromatic amines is 1. The first-order valence-corrected chi connectivity index (χ1v) is 13.5. The smallest absolute Gasteiger partial charge is 0.252 e. The number of H-pyrrole nitrogens is 1. The number of benzene rings is 1. The average molecular weight is 468 g/mol. The molecule has 0 fully saturated rings. The Morgan fingerprint density at radius 3 is 1.88 bits per heavy atom. The number of hydrogen-bond acceptors (Lipinski definition) is 3. The molecule has 6 heteroatoms. The Balaban J connectivity index is 1.51. The molecular weight excluding hydrogens is 422 g/mol. The van der Waals surface area contributed by atoms with E-state index in [9.17, 15) is 4.79 Å². The molecule has 4 N–H and O–H groups in total. The fraction of sp³-hybridized carbons (Fsp3) is 0.607. The average Bonchev–Trinajstić information content (AvgIpc) is 2.82. The molecule has 1 heterocycles. The molecule has 0 bridgehead atoms. The number of unbranched alkanes of at least 4 members (excludes halogenated alkanes) is 14. The molecule has 0 atom stereocenters. The Labute approximate surface area is 205 Å². The zero-order valence-electron chi connectivity index (χ0n) is 21.1. The standard InChI is InChI=1S/C28H45N5O/c1-2-3-4-5-6-7-8-9-10-11-12-13-14-15-17-22-25-23-26(34)32-28(31-25)33-27(29)30-24-20-18-16-19-21-24/h16,18-21,23H,2-15,17,22H2,1H3,(H4,29,30,31,32,33,34). The maximum Gasteiger partial charge on any atom is 0.252 e. The molecule has 6 nitrogen and oxygen atoms in total. The predicted octanol–water partition coefficient (Wildman–Crippen LogP) is 7.64. The minimum Gasteiger partial charge on any atom is -0.326 e. The monoisotopic (exact) mass is 467 g/mol. The Kier molecular flexibility index (Phi) is 14.5. The van der Waals surface area contributed by atoms with Crippen molar-refractivity contribution in [1.82, 2.24) is 9.97 Å². The second-order valence-corrected chi connectivity index (χ2v) is 9.28. The number of aryl methyl sites for hydroxylation is 1. The van der Waals surface area contributed by atoms with Gasteiger partial charge in [0.15, 0.2) is 5.96 Å². The van der Waals surface area contributed by atoms with Crippen molar-refractivity contribution in [2.45, 2.75) is 110 Å². The number of para-hydroxylation sites is 1. The molecule has 0 unspecified atom stereocenters. The fourth-order valence-electron chi connectivity index (χ4n) is 4.19. The summed E-state index contributed by atoms with van der Waals surface area (Å²) in [6, 6.07) is 11.0. The Bertz CT molecular complexity index is 849. The van der Waals surface area contributed by atoms with Crippen LogP contribution in [0.2, 0.25) is 0 Å². The fourth-order valence-corrected chi connectivity index (χ4v) is 4.19. The maximum atomic E-state index is 12.0. The summed E-state index contributed by atoms with van der Waals surface area (Å²) in [6.45, 7) is 2.27. The van der Waals surface area contributed by atoms with Crippen LogP contribution >= 0.6 is 0 Å². The lowest BCUT2D eigenvalue weighted by Gasteiger charge is -2.10. The van der Waals surface area contributed by atoms with Gasteiger partial charge in [0.25, 0.3) is 5.56 Å². The first kappa shape index (κ1) is 27.6. The van der Waals surface area contributed by atoms with E-state index in [4.69, 9.17) is 5.41 Å². The minimum absolute atomic E-state index is 0.0680. The summed E-state index contributed by atoms with van der Waals surface area (Å²) < 4.78 is 0. The van der Waals surface area contributed by atoms with Gasteiger partial charge < -0.3 is 5.32 Å². The van der Waals surface area contributed by atoms with Gasteiger partial charge >= 0.3 is 0 Å². The number of guanidine groups is 1. The Morgan fingerprint density at radius 2 is 1.32 bits per heavy atom. The first-order chi connectivity index (χ1) is 16.7. The van der Waals surface area contributed by atoms with Crippen LogP contribution < -0.4 is 16.2 Å². The molecule has 0 aliphatic carbocycles. The molecule has 1 aromatic heterocycles. The van der Waals surface area contributed by atoms with Gasteiger partial charge in [0.1, 0.15) is 0 Å². The molecular formula is C28H45N5O. The molecule has 1 aromatic carbocycles. The van der Waals surface area contributed by atoms with E-state index in [1.165, 1.54) is 89.9 Å². The van der Waals surface area contributed by atoms with Crippen LogP contribution in [0.1, 0.15) is 109 Å². The van der Waals surface area contributed by atoms with Crippen molar-refractivity contribution < 1.29 is 0 Å². The Morgan fingerprint density at radius 1 is 0.794 bits per heavy atom. The highest BCUT2D eigenvalue weighted by Gasteiger charge is 2.05. The SMILES string of the molecule is CCCCCCCCCCCCCCCCCc1cc(=O)[nH]c(NC(=N)Nc2ccccc2)n1. The number of nitrogens with zero attached hydrogens (tertiary/aromatic N) is 1. The van der Waals surface area contributed by atoms with Gasteiger partial charge in [-0.2, -0.15) is 0 Å². The van der Waals surface area contributed by atoms with Crippen LogP contribution in [0.3, 0.4) is 0 Å². The van der Waals surface area contributed by atoms with Gasteiger partial charge in [-0.25, -0.2) is 4.98 Å². The summed E-state index contributed by atoms with van der Waals surface area (Å²) in [5.74, 6) is 0.371. The van der Waals surface area contributed by atoms with Crippen molar-refractivity contribution in [1.29, 1.82) is 5.41 Å². The molecule has 0 saturated heterocycles. The molecule has 0 aliphatic rings. The lowest BCUT2D eigenvalue weighted by Crippen LogP contribution is -2.24. The van der Waals surface area contributed by atoms with E-state index >= 15 is 0 Å². The molecule has 2 rings (SSSR count). The van der Waals surface area contributed by atoms with Gasteiger partial charge in [0, 0.05) is 17.4 Å². The number of rotatable bonds is 18. The quantitative estimate of drug-likeness (QED) is 0.103. The second kappa shape index (κ2) is 17.8. The van der Waals surface area contributed by atoms with Crippen LogP contribution in [0.4, 0.5) is 11.6 Å². The van der Waals surface area contributed by atoms with Crippen LogP contribution in [0, 0.1) is 5.41 Å². The molecule has 2 aromatic rings.